The number of likely N-dealkylation sites (N-methyl/N-ethyl adjacent to an activating group) is 1. The highest BCUT2D eigenvalue weighted by Crippen LogP contribution is 2.26. The van der Waals surface area contributed by atoms with Crippen LogP contribution < -0.4 is 20.4 Å². The number of pyridine rings is 1. The highest BCUT2D eigenvalue weighted by Gasteiger charge is 2.16. The molecule has 1 fully saturated rings. The number of aromatic nitrogens is 1. The molecule has 3 N–H and O–H groups in total. The molecule has 1 aliphatic rings. The van der Waals surface area contributed by atoms with Gasteiger partial charge in [-0.1, -0.05) is 42.5 Å². The van der Waals surface area contributed by atoms with Crippen molar-refractivity contribution < 1.29 is 19.5 Å². The molecular formula is C29H35N5O4. The minimum Gasteiger partial charge on any atom is -0.488 e. The number of rotatable bonds is 11. The summed E-state index contributed by atoms with van der Waals surface area (Å²) < 4.78 is 6.11. The third-order valence-corrected chi connectivity index (χ3v) is 6.63. The molecule has 200 valence electrons. The number of anilines is 2. The van der Waals surface area contributed by atoms with Gasteiger partial charge in [0, 0.05) is 38.0 Å². The van der Waals surface area contributed by atoms with Gasteiger partial charge in [0.05, 0.1) is 17.5 Å². The van der Waals surface area contributed by atoms with Gasteiger partial charge in [-0.15, -0.1) is 0 Å². The van der Waals surface area contributed by atoms with Crippen molar-refractivity contribution in [2.45, 2.75) is 25.7 Å². The van der Waals surface area contributed by atoms with Gasteiger partial charge in [-0.25, -0.2) is 10.5 Å². The number of piperazine rings is 1. The smallest absolute Gasteiger partial charge is 0.254 e. The lowest BCUT2D eigenvalue weighted by Gasteiger charge is -2.33. The van der Waals surface area contributed by atoms with E-state index in [-0.39, 0.29) is 18.9 Å². The summed E-state index contributed by atoms with van der Waals surface area (Å²) in [5.41, 5.74) is 2.75. The van der Waals surface area contributed by atoms with E-state index >= 15 is 0 Å². The number of nitrogens with one attached hydrogen (secondary N) is 2. The molecule has 1 aromatic heterocycles. The van der Waals surface area contributed by atoms with Gasteiger partial charge in [0.15, 0.2) is 0 Å². The molecule has 9 heteroatoms. The number of hydrogen-bond donors (Lipinski definition) is 3. The summed E-state index contributed by atoms with van der Waals surface area (Å²) in [7, 11) is 2.12. The van der Waals surface area contributed by atoms with E-state index < -0.39 is 5.91 Å². The molecule has 1 saturated heterocycles. The van der Waals surface area contributed by atoms with E-state index in [4.69, 9.17) is 9.94 Å². The first-order chi connectivity index (χ1) is 18.5. The molecule has 2 amide bonds. The first-order valence-electron chi connectivity index (χ1n) is 13.0. The summed E-state index contributed by atoms with van der Waals surface area (Å²) in [5.74, 6) is 0.934. The predicted molar refractivity (Wildman–Crippen MR) is 148 cm³/mol. The number of ether oxygens (including phenoxy) is 1. The Kier molecular flexibility index (Phi) is 9.66. The van der Waals surface area contributed by atoms with E-state index in [1.165, 1.54) is 0 Å². The Morgan fingerprint density at radius 1 is 1.03 bits per heavy atom. The average Bonchev–Trinajstić information content (AvgIpc) is 2.95. The van der Waals surface area contributed by atoms with Crippen LogP contribution >= 0.6 is 0 Å². The van der Waals surface area contributed by atoms with Crippen molar-refractivity contribution in [1.29, 1.82) is 0 Å². The van der Waals surface area contributed by atoms with Gasteiger partial charge in [0.2, 0.25) is 5.91 Å². The number of amides is 2. The zero-order valence-electron chi connectivity index (χ0n) is 21.7. The Morgan fingerprint density at radius 2 is 1.82 bits per heavy atom. The fourth-order valence-corrected chi connectivity index (χ4v) is 4.35. The number of fused-ring (bicyclic) bond motifs is 1. The van der Waals surface area contributed by atoms with E-state index in [9.17, 15) is 9.59 Å². The predicted octanol–water partition coefficient (Wildman–Crippen LogP) is 4.00. The summed E-state index contributed by atoms with van der Waals surface area (Å²) in [5, 5.41) is 13.6. The van der Waals surface area contributed by atoms with Crippen LogP contribution in [0.4, 0.5) is 11.5 Å². The van der Waals surface area contributed by atoms with Crippen molar-refractivity contribution in [3.05, 3.63) is 72.4 Å². The third kappa shape index (κ3) is 7.53. The monoisotopic (exact) mass is 517 g/mol. The maximum Gasteiger partial charge on any atom is 0.254 e. The Balaban J connectivity index is 1.41. The zero-order chi connectivity index (χ0) is 26.7. The van der Waals surface area contributed by atoms with Gasteiger partial charge in [-0.3, -0.25) is 14.8 Å². The van der Waals surface area contributed by atoms with Crippen molar-refractivity contribution in [3.63, 3.8) is 0 Å². The molecule has 0 atom stereocenters. The molecule has 0 saturated carbocycles. The molecular weight excluding hydrogens is 482 g/mol. The van der Waals surface area contributed by atoms with Crippen molar-refractivity contribution in [1.82, 2.24) is 15.4 Å². The Bertz CT molecular complexity index is 1250. The fourth-order valence-electron chi connectivity index (χ4n) is 4.35. The highest BCUT2D eigenvalue weighted by atomic mass is 16.5. The maximum absolute atomic E-state index is 13.2. The lowest BCUT2D eigenvalue weighted by molar-refractivity contribution is -0.129. The number of benzene rings is 2. The van der Waals surface area contributed by atoms with Crippen LogP contribution in [0.2, 0.25) is 0 Å². The summed E-state index contributed by atoms with van der Waals surface area (Å²) in [4.78, 5) is 33.6. The Labute approximate surface area is 223 Å². The van der Waals surface area contributed by atoms with Gasteiger partial charge in [-0.05, 0) is 49.9 Å². The molecule has 38 heavy (non-hydrogen) atoms. The molecule has 2 aromatic carbocycles. The van der Waals surface area contributed by atoms with Crippen molar-refractivity contribution in [2.75, 3.05) is 50.1 Å². The largest absolute Gasteiger partial charge is 0.488 e. The number of hydroxylamine groups is 1. The number of carbonyl (C=O) groups is 2. The number of unbranched alkanes of at least 4 members (excludes halogenated alkanes) is 2. The fraction of sp³-hybridized carbons (Fsp3) is 0.345. The topological polar surface area (TPSA) is 107 Å². The van der Waals surface area contributed by atoms with Crippen LogP contribution in [0.1, 0.15) is 25.7 Å². The first-order valence-corrected chi connectivity index (χ1v) is 13.0. The molecule has 0 radical (unpaired) electrons. The van der Waals surface area contributed by atoms with Crippen LogP contribution in [-0.4, -0.2) is 66.7 Å². The van der Waals surface area contributed by atoms with Crippen LogP contribution in [0.25, 0.3) is 10.8 Å². The lowest BCUT2D eigenvalue weighted by atomic mass is 10.1. The molecule has 0 unspecified atom stereocenters. The second-order valence-corrected chi connectivity index (χ2v) is 9.43. The second-order valence-electron chi connectivity index (χ2n) is 9.43. The Hall–Kier alpha value is -3.95. The molecule has 1 aliphatic heterocycles. The van der Waals surface area contributed by atoms with Crippen LogP contribution in [-0.2, 0) is 9.59 Å². The van der Waals surface area contributed by atoms with E-state index in [1.807, 2.05) is 60.7 Å². The number of allylic oxidation sites excluding steroid dienone is 1. The van der Waals surface area contributed by atoms with E-state index in [2.05, 4.69) is 27.1 Å². The molecule has 0 aliphatic carbocycles. The lowest BCUT2D eigenvalue weighted by Crippen LogP contribution is -2.44. The van der Waals surface area contributed by atoms with Crippen LogP contribution in [0, 0.1) is 0 Å². The minimum atomic E-state index is -0.418. The third-order valence-electron chi connectivity index (χ3n) is 6.63. The molecule has 0 bridgehead atoms. The summed E-state index contributed by atoms with van der Waals surface area (Å²) >= 11 is 0. The van der Waals surface area contributed by atoms with Crippen LogP contribution in [0.3, 0.4) is 0 Å². The summed E-state index contributed by atoms with van der Waals surface area (Å²) in [6.45, 7) is 3.94. The summed E-state index contributed by atoms with van der Waals surface area (Å²) in [6, 6.07) is 17.6. The first kappa shape index (κ1) is 27.1. The average molecular weight is 518 g/mol. The van der Waals surface area contributed by atoms with Gasteiger partial charge < -0.3 is 19.9 Å². The SMILES string of the molecule is CN1CCN(c2ccc(NC(=O)/C(=C/CCCCC(=O)NO)COc3cccc4ccccc34)cn2)CC1. The van der Waals surface area contributed by atoms with Crippen molar-refractivity contribution >= 4 is 34.1 Å². The standard InChI is InChI=1S/C29H35N5O4/c1-33-16-18-34(19-17-33)27-15-14-24(20-30-27)31-29(36)23(9-3-2-4-13-28(35)32-37)21-38-26-12-7-10-22-8-5-6-11-25(22)26/h5-12,14-15,20,37H,2-4,13,16-19,21H2,1H3,(H,31,36)(H,32,35)/b23-9+. The number of hydrogen-bond acceptors (Lipinski definition) is 7. The molecule has 2 heterocycles. The molecule has 0 spiro atoms. The highest BCUT2D eigenvalue weighted by molar-refractivity contribution is 6.04. The van der Waals surface area contributed by atoms with Gasteiger partial charge >= 0.3 is 0 Å². The van der Waals surface area contributed by atoms with E-state index in [1.54, 1.807) is 11.7 Å². The van der Waals surface area contributed by atoms with Crippen LogP contribution in [0.5, 0.6) is 5.75 Å². The molecule has 4 rings (SSSR count). The van der Waals surface area contributed by atoms with Crippen molar-refractivity contribution in [2.24, 2.45) is 0 Å². The second kappa shape index (κ2) is 13.6. The van der Waals surface area contributed by atoms with Gasteiger partial charge in [-0.2, -0.15) is 0 Å². The molecule has 3 aromatic rings. The Morgan fingerprint density at radius 3 is 2.58 bits per heavy atom. The van der Waals surface area contributed by atoms with Gasteiger partial charge in [0.25, 0.3) is 5.91 Å². The van der Waals surface area contributed by atoms with E-state index in [0.29, 0.717) is 36.3 Å². The zero-order valence-corrected chi connectivity index (χ0v) is 21.7. The van der Waals surface area contributed by atoms with Crippen molar-refractivity contribution in [3.8, 4) is 5.75 Å². The van der Waals surface area contributed by atoms with Crippen LogP contribution in [0.15, 0.2) is 72.4 Å². The normalized spacial score (nSPS) is 14.4. The number of nitrogens with zero attached hydrogens (tertiary/aromatic N) is 3. The number of carbonyl (C=O) groups excluding carboxylic acids is 2. The minimum absolute atomic E-state index is 0.101. The van der Waals surface area contributed by atoms with E-state index in [0.717, 1.165) is 42.8 Å². The van der Waals surface area contributed by atoms with Gasteiger partial charge in [0.1, 0.15) is 18.2 Å². The quantitative estimate of drug-likeness (QED) is 0.153. The maximum atomic E-state index is 13.2. The molecule has 9 nitrogen and oxygen atoms in total. The summed E-state index contributed by atoms with van der Waals surface area (Å²) in [6.07, 6.45) is 5.65.